The molecule has 13 heteroatoms. The fourth-order valence-corrected chi connectivity index (χ4v) is 15.7. The normalized spacial score (nSPS) is 23.1. The van der Waals surface area contributed by atoms with Gasteiger partial charge in [0.25, 0.3) is 0 Å². The summed E-state index contributed by atoms with van der Waals surface area (Å²) in [6.45, 7) is 3.71. The van der Waals surface area contributed by atoms with Gasteiger partial charge in [-0.3, -0.25) is 9.59 Å². The standard InChI is InChI=1S/C42H55F2N6O4Si/c1-4-35(47-42(53)54-3)41(52)49-19-7-8-38(49)40(51)46-31-15-11-29(12-16-31)37-18-17-36(28-9-13-30(45-2)14-10-28)50(37)32-26-33(43)39(34(44)27-32)48-20-24-55(25-21-48)22-5-6-23-55/h9-16,26-27,35-38,45,55H,4-8,17-25H2,1-3H3,(H,46,51)(H,47,53)/q-1/t35-,36-,37-,38-/m0/s1. The fraction of sp³-hybridized carbons (Fsp3) is 0.500. The molecule has 4 fully saturated rings. The van der Waals surface area contributed by atoms with Crippen LogP contribution in [-0.4, -0.2) is 76.8 Å². The zero-order valence-electron chi connectivity index (χ0n) is 32.3. The van der Waals surface area contributed by atoms with Gasteiger partial charge in [-0.2, -0.15) is 0 Å². The van der Waals surface area contributed by atoms with E-state index in [1.807, 2.05) is 48.3 Å². The molecular formula is C42H55F2N6O4Si-. The van der Waals surface area contributed by atoms with Gasteiger partial charge in [0.15, 0.2) is 0 Å². The van der Waals surface area contributed by atoms with Gasteiger partial charge in [-0.15, -0.1) is 0 Å². The van der Waals surface area contributed by atoms with Crippen molar-refractivity contribution in [1.82, 2.24) is 10.2 Å². The summed E-state index contributed by atoms with van der Waals surface area (Å²) in [7, 11) is 1.54. The van der Waals surface area contributed by atoms with Gasteiger partial charge in [0.2, 0.25) is 11.8 Å². The van der Waals surface area contributed by atoms with E-state index in [2.05, 4.69) is 37.7 Å². The molecule has 4 aliphatic heterocycles. The van der Waals surface area contributed by atoms with Crippen LogP contribution in [0.3, 0.4) is 0 Å². The third kappa shape index (κ3) is 8.03. The molecular weight excluding hydrogens is 719 g/mol. The van der Waals surface area contributed by atoms with Crippen LogP contribution < -0.4 is 25.8 Å². The monoisotopic (exact) mass is 773 g/mol. The van der Waals surface area contributed by atoms with Crippen molar-refractivity contribution in [3.05, 3.63) is 83.4 Å². The third-order valence-electron chi connectivity index (χ3n) is 13.1. The van der Waals surface area contributed by atoms with Crippen molar-refractivity contribution in [2.45, 2.75) is 100 Å². The molecule has 55 heavy (non-hydrogen) atoms. The second-order valence-corrected chi connectivity index (χ2v) is 21.9. The molecule has 0 unspecified atom stereocenters. The van der Waals surface area contributed by atoms with Gasteiger partial charge in [-0.05, 0) is 19.3 Å². The molecule has 0 aliphatic carbocycles. The Balaban J connectivity index is 1.10. The zero-order valence-corrected chi connectivity index (χ0v) is 33.4. The van der Waals surface area contributed by atoms with E-state index in [0.717, 1.165) is 54.8 Å². The quantitative estimate of drug-likeness (QED) is 0.180. The summed E-state index contributed by atoms with van der Waals surface area (Å²) in [6, 6.07) is 22.2. The van der Waals surface area contributed by atoms with Crippen molar-refractivity contribution in [3.63, 3.8) is 0 Å². The molecule has 3 aromatic rings. The number of alkyl carbamates (subject to hydrolysis) is 1. The van der Waals surface area contributed by atoms with Gasteiger partial charge >= 0.3 is 203 Å². The molecule has 3 aromatic carbocycles. The summed E-state index contributed by atoms with van der Waals surface area (Å²) in [4.78, 5) is 44.3. The summed E-state index contributed by atoms with van der Waals surface area (Å²) >= 11 is 0. The van der Waals surface area contributed by atoms with E-state index in [1.54, 1.807) is 6.92 Å². The maximum atomic E-state index is 16.2. The summed E-state index contributed by atoms with van der Waals surface area (Å²) in [6.07, 6.45) is 5.09. The number of methoxy groups -OCH3 is 1. The zero-order chi connectivity index (χ0) is 38.7. The number of ether oxygens (including phenoxy) is 1. The van der Waals surface area contributed by atoms with E-state index in [1.165, 1.54) is 49.1 Å². The van der Waals surface area contributed by atoms with Crippen LogP contribution in [-0.2, 0) is 14.3 Å². The Morgan fingerprint density at radius 3 is 1.95 bits per heavy atom. The Kier molecular flexibility index (Phi) is 11.7. The van der Waals surface area contributed by atoms with Crippen LogP contribution in [0.2, 0.25) is 24.2 Å². The minimum absolute atomic E-state index is 0.101. The second-order valence-electron chi connectivity index (χ2n) is 16.1. The molecule has 0 aromatic heterocycles. The first kappa shape index (κ1) is 38.6. The number of nitrogens with one attached hydrogen (secondary N) is 3. The van der Waals surface area contributed by atoms with Gasteiger partial charge in [0.1, 0.15) is 12.1 Å². The van der Waals surface area contributed by atoms with Crippen molar-refractivity contribution < 1.29 is 27.9 Å². The fourth-order valence-electron chi connectivity index (χ4n) is 9.97. The van der Waals surface area contributed by atoms with Crippen LogP contribution in [0.25, 0.3) is 0 Å². The Hall–Kier alpha value is -4.65. The van der Waals surface area contributed by atoms with E-state index >= 15 is 8.78 Å². The Bertz CT molecular complexity index is 1820. The maximum absolute atomic E-state index is 16.2. The summed E-state index contributed by atoms with van der Waals surface area (Å²) < 4.78 is 37.1. The van der Waals surface area contributed by atoms with Crippen molar-refractivity contribution in [1.29, 1.82) is 0 Å². The van der Waals surface area contributed by atoms with E-state index in [0.29, 0.717) is 37.2 Å². The number of rotatable bonds is 10. The van der Waals surface area contributed by atoms with Crippen molar-refractivity contribution >= 4 is 48.7 Å². The molecule has 3 amide bonds. The summed E-state index contributed by atoms with van der Waals surface area (Å²) in [5.74, 6) is -1.63. The molecule has 296 valence electrons. The van der Waals surface area contributed by atoms with Crippen LogP contribution in [0.4, 0.5) is 36.3 Å². The number of likely N-dealkylation sites (tertiary alicyclic amines) is 1. The average Bonchev–Trinajstić information content (AvgIpc) is 3.98. The van der Waals surface area contributed by atoms with Gasteiger partial charge in [-0.25, -0.2) is 4.79 Å². The summed E-state index contributed by atoms with van der Waals surface area (Å²) in [5.41, 5.74) is 4.23. The predicted molar refractivity (Wildman–Crippen MR) is 217 cm³/mol. The van der Waals surface area contributed by atoms with Crippen molar-refractivity contribution in [3.8, 4) is 0 Å². The number of amides is 3. The molecule has 4 heterocycles. The van der Waals surface area contributed by atoms with Crippen LogP contribution in [0.1, 0.15) is 75.1 Å². The first-order chi connectivity index (χ1) is 26.6. The number of halogens is 2. The number of benzene rings is 3. The van der Waals surface area contributed by atoms with E-state index < -0.39 is 37.9 Å². The van der Waals surface area contributed by atoms with Crippen molar-refractivity contribution in [2.24, 2.45) is 0 Å². The third-order valence-corrected chi connectivity index (χ3v) is 19.3. The van der Waals surface area contributed by atoms with Crippen molar-refractivity contribution in [2.75, 3.05) is 54.2 Å². The topological polar surface area (TPSA) is 106 Å². The number of anilines is 4. The number of carbonyl (C=O) groups excluding carboxylic acids is 3. The Labute approximate surface area is 324 Å². The van der Waals surface area contributed by atoms with E-state index in [4.69, 9.17) is 0 Å². The van der Waals surface area contributed by atoms with Gasteiger partial charge in [0, 0.05) is 25.0 Å². The second kappa shape index (κ2) is 16.6. The van der Waals surface area contributed by atoms with E-state index in [-0.39, 0.29) is 29.6 Å². The number of hydrogen-bond donors (Lipinski definition) is 3. The molecule has 10 nitrogen and oxygen atoms in total. The molecule has 1 spiro atoms. The molecule has 3 N–H and O–H groups in total. The average molecular weight is 774 g/mol. The first-order valence-corrected chi connectivity index (χ1v) is 23.5. The van der Waals surface area contributed by atoms with Crippen LogP contribution in [0, 0.1) is 11.6 Å². The minimum atomic E-state index is -1.58. The van der Waals surface area contributed by atoms with E-state index in [9.17, 15) is 14.4 Å². The van der Waals surface area contributed by atoms with Crippen LogP contribution >= 0.6 is 0 Å². The Morgan fingerprint density at radius 1 is 0.818 bits per heavy atom. The van der Waals surface area contributed by atoms with Crippen LogP contribution in [0.5, 0.6) is 0 Å². The molecule has 4 saturated heterocycles. The van der Waals surface area contributed by atoms with Gasteiger partial charge < -0.3 is 25.6 Å². The molecule has 0 saturated carbocycles. The molecule has 4 atom stereocenters. The SMILES string of the molecule is CC[C@H](NC(=O)OC)C(=O)N1CCC[C@H]1C(=O)Nc1ccc([C@@H]2CC[C@@H](c3ccc(NC)cc3)N2c2cc(F)c(N3CC[SiH-]4(CCCC4)CC3)c(F)c2)cc1. The number of hydrogen-bond acceptors (Lipinski definition) is 7. The summed E-state index contributed by atoms with van der Waals surface area (Å²) in [5, 5.41) is 8.72. The Morgan fingerprint density at radius 2 is 1.40 bits per heavy atom. The number of nitrogens with zero attached hydrogens (tertiary/aromatic N) is 3. The number of carbonyl (C=O) groups is 3. The van der Waals surface area contributed by atoms with Gasteiger partial charge in [-0.1, -0.05) is 6.92 Å². The van der Waals surface area contributed by atoms with Crippen LogP contribution in [0.15, 0.2) is 60.7 Å². The molecule has 4 aliphatic rings. The van der Waals surface area contributed by atoms with Gasteiger partial charge in [0.05, 0.1) is 7.11 Å². The molecule has 0 bridgehead atoms. The first-order valence-electron chi connectivity index (χ1n) is 20.2. The predicted octanol–water partition coefficient (Wildman–Crippen LogP) is 7.95. The molecule has 0 radical (unpaired) electrons. The molecule has 7 rings (SSSR count).